The molecule has 0 aliphatic heterocycles. The first-order valence-electron chi connectivity index (χ1n) is 6.72. The molecule has 0 amide bonds. The SMILES string of the molecule is Cc1cccc(C(CN)NCCC2CC2)c1C. The number of hydrogen-bond acceptors (Lipinski definition) is 2. The molecule has 2 rings (SSSR count). The van der Waals surface area contributed by atoms with Crippen molar-refractivity contribution in [3.8, 4) is 0 Å². The van der Waals surface area contributed by atoms with E-state index in [0.717, 1.165) is 12.5 Å². The smallest absolute Gasteiger partial charge is 0.0447 e. The minimum atomic E-state index is 0.314. The van der Waals surface area contributed by atoms with Crippen molar-refractivity contribution in [3.63, 3.8) is 0 Å². The lowest BCUT2D eigenvalue weighted by atomic mass is 9.97. The lowest BCUT2D eigenvalue weighted by molar-refractivity contribution is 0.514. The molecular weight excluding hydrogens is 208 g/mol. The molecule has 1 aliphatic carbocycles. The first kappa shape index (κ1) is 12.6. The van der Waals surface area contributed by atoms with Gasteiger partial charge in [0, 0.05) is 12.6 Å². The van der Waals surface area contributed by atoms with Gasteiger partial charge in [0.1, 0.15) is 0 Å². The number of nitrogens with two attached hydrogens (primary N) is 1. The van der Waals surface area contributed by atoms with Gasteiger partial charge in [-0.1, -0.05) is 31.0 Å². The van der Waals surface area contributed by atoms with Crippen molar-refractivity contribution in [2.24, 2.45) is 11.7 Å². The highest BCUT2D eigenvalue weighted by Crippen LogP contribution is 2.32. The second-order valence-corrected chi connectivity index (χ2v) is 5.26. The van der Waals surface area contributed by atoms with E-state index in [1.807, 2.05) is 0 Å². The molecule has 1 aromatic rings. The van der Waals surface area contributed by atoms with Crippen molar-refractivity contribution in [2.45, 2.75) is 39.2 Å². The summed E-state index contributed by atoms with van der Waals surface area (Å²) in [5.74, 6) is 0.986. The van der Waals surface area contributed by atoms with Crippen molar-refractivity contribution < 1.29 is 0 Å². The van der Waals surface area contributed by atoms with Gasteiger partial charge >= 0.3 is 0 Å². The van der Waals surface area contributed by atoms with E-state index in [0.29, 0.717) is 12.6 Å². The molecule has 1 unspecified atom stereocenters. The molecule has 2 nitrogen and oxygen atoms in total. The molecule has 0 radical (unpaired) electrons. The van der Waals surface area contributed by atoms with Gasteiger partial charge in [0.25, 0.3) is 0 Å². The predicted molar refractivity (Wildman–Crippen MR) is 73.1 cm³/mol. The summed E-state index contributed by atoms with van der Waals surface area (Å²) >= 11 is 0. The largest absolute Gasteiger partial charge is 0.329 e. The van der Waals surface area contributed by atoms with Gasteiger partial charge in [0.2, 0.25) is 0 Å². The minimum Gasteiger partial charge on any atom is -0.329 e. The molecule has 1 aliphatic rings. The summed E-state index contributed by atoms with van der Waals surface area (Å²) in [4.78, 5) is 0. The Morgan fingerprint density at radius 2 is 2.12 bits per heavy atom. The highest BCUT2D eigenvalue weighted by molar-refractivity contribution is 5.35. The Morgan fingerprint density at radius 1 is 1.35 bits per heavy atom. The standard InChI is InChI=1S/C15H24N2/c1-11-4-3-5-14(12(11)2)15(10-16)17-9-8-13-6-7-13/h3-5,13,15,17H,6-10,16H2,1-2H3. The Morgan fingerprint density at radius 3 is 2.76 bits per heavy atom. The molecule has 0 heterocycles. The van der Waals surface area contributed by atoms with Crippen LogP contribution in [0.3, 0.4) is 0 Å². The third kappa shape index (κ3) is 3.30. The number of aryl methyl sites for hydroxylation is 1. The summed E-state index contributed by atoms with van der Waals surface area (Å²) in [6.07, 6.45) is 4.16. The molecule has 0 aromatic heterocycles. The maximum Gasteiger partial charge on any atom is 0.0447 e. The molecule has 3 N–H and O–H groups in total. The van der Waals surface area contributed by atoms with Crippen LogP contribution in [0.2, 0.25) is 0 Å². The summed E-state index contributed by atoms with van der Waals surface area (Å²) in [5.41, 5.74) is 9.99. The van der Waals surface area contributed by atoms with E-state index in [2.05, 4.69) is 37.4 Å². The predicted octanol–water partition coefficient (Wildman–Crippen LogP) is 2.69. The fourth-order valence-electron chi connectivity index (χ4n) is 2.34. The molecule has 0 bridgehead atoms. The van der Waals surface area contributed by atoms with E-state index in [4.69, 9.17) is 5.73 Å². The summed E-state index contributed by atoms with van der Waals surface area (Å²) in [7, 11) is 0. The molecule has 94 valence electrons. The van der Waals surface area contributed by atoms with Crippen LogP contribution >= 0.6 is 0 Å². The van der Waals surface area contributed by atoms with Crippen LogP contribution < -0.4 is 11.1 Å². The molecular formula is C15H24N2. The average Bonchev–Trinajstić information content (AvgIpc) is 3.13. The molecule has 2 heteroatoms. The number of hydrogen-bond donors (Lipinski definition) is 2. The van der Waals surface area contributed by atoms with E-state index in [9.17, 15) is 0 Å². The van der Waals surface area contributed by atoms with Crippen LogP contribution in [0.25, 0.3) is 0 Å². The average molecular weight is 232 g/mol. The third-order valence-corrected chi connectivity index (χ3v) is 3.90. The second-order valence-electron chi connectivity index (χ2n) is 5.26. The van der Waals surface area contributed by atoms with Gasteiger partial charge in [-0.05, 0) is 49.4 Å². The summed E-state index contributed by atoms with van der Waals surface area (Å²) in [5, 5.41) is 3.60. The number of rotatable bonds is 6. The monoisotopic (exact) mass is 232 g/mol. The summed E-state index contributed by atoms with van der Waals surface area (Å²) in [6, 6.07) is 6.80. The van der Waals surface area contributed by atoms with Gasteiger partial charge in [-0.25, -0.2) is 0 Å². The van der Waals surface area contributed by atoms with Gasteiger partial charge in [-0.2, -0.15) is 0 Å². The van der Waals surface area contributed by atoms with Crippen LogP contribution in [0.15, 0.2) is 18.2 Å². The molecule has 1 atom stereocenters. The first-order valence-corrected chi connectivity index (χ1v) is 6.72. The van der Waals surface area contributed by atoms with E-state index in [1.165, 1.54) is 36.0 Å². The molecule has 1 aromatic carbocycles. The Balaban J connectivity index is 1.97. The van der Waals surface area contributed by atoms with Gasteiger partial charge in [0.05, 0.1) is 0 Å². The molecule has 0 spiro atoms. The van der Waals surface area contributed by atoms with Crippen molar-refractivity contribution >= 4 is 0 Å². The van der Waals surface area contributed by atoms with Gasteiger partial charge < -0.3 is 11.1 Å². The Hall–Kier alpha value is -0.860. The Bertz CT molecular complexity index is 369. The Kier molecular flexibility index (Phi) is 4.19. The van der Waals surface area contributed by atoms with Crippen molar-refractivity contribution in [1.29, 1.82) is 0 Å². The van der Waals surface area contributed by atoms with Crippen LogP contribution in [0, 0.1) is 19.8 Å². The third-order valence-electron chi connectivity index (χ3n) is 3.90. The summed E-state index contributed by atoms with van der Waals surface area (Å²) in [6.45, 7) is 6.13. The zero-order valence-electron chi connectivity index (χ0n) is 11.0. The van der Waals surface area contributed by atoms with Gasteiger partial charge in [-0.15, -0.1) is 0 Å². The van der Waals surface area contributed by atoms with Crippen LogP contribution in [0.1, 0.15) is 42.0 Å². The quantitative estimate of drug-likeness (QED) is 0.791. The van der Waals surface area contributed by atoms with E-state index in [-0.39, 0.29) is 0 Å². The fourth-order valence-corrected chi connectivity index (χ4v) is 2.34. The van der Waals surface area contributed by atoms with Crippen LogP contribution in [-0.2, 0) is 0 Å². The topological polar surface area (TPSA) is 38.0 Å². The van der Waals surface area contributed by atoms with E-state index >= 15 is 0 Å². The summed E-state index contributed by atoms with van der Waals surface area (Å²) < 4.78 is 0. The van der Waals surface area contributed by atoms with Crippen molar-refractivity contribution in [1.82, 2.24) is 5.32 Å². The van der Waals surface area contributed by atoms with Gasteiger partial charge in [-0.3, -0.25) is 0 Å². The highest BCUT2D eigenvalue weighted by atomic mass is 14.9. The maximum atomic E-state index is 5.89. The number of nitrogens with one attached hydrogen (secondary N) is 1. The molecule has 0 saturated heterocycles. The highest BCUT2D eigenvalue weighted by Gasteiger charge is 2.21. The number of benzene rings is 1. The first-order chi connectivity index (χ1) is 8.22. The minimum absolute atomic E-state index is 0.314. The van der Waals surface area contributed by atoms with E-state index < -0.39 is 0 Å². The van der Waals surface area contributed by atoms with E-state index in [1.54, 1.807) is 0 Å². The lowest BCUT2D eigenvalue weighted by Gasteiger charge is -2.20. The Labute approximate surface area is 105 Å². The molecule has 1 fully saturated rings. The fraction of sp³-hybridized carbons (Fsp3) is 0.600. The van der Waals surface area contributed by atoms with Gasteiger partial charge in [0.15, 0.2) is 0 Å². The zero-order chi connectivity index (χ0) is 12.3. The van der Waals surface area contributed by atoms with Crippen molar-refractivity contribution in [2.75, 3.05) is 13.1 Å². The second kappa shape index (κ2) is 5.65. The van der Waals surface area contributed by atoms with Crippen molar-refractivity contribution in [3.05, 3.63) is 34.9 Å². The molecule has 1 saturated carbocycles. The lowest BCUT2D eigenvalue weighted by Crippen LogP contribution is -2.30. The normalized spacial score (nSPS) is 17.1. The van der Waals surface area contributed by atoms with Crippen LogP contribution in [0.5, 0.6) is 0 Å². The maximum absolute atomic E-state index is 5.89. The zero-order valence-corrected chi connectivity index (χ0v) is 11.0. The van der Waals surface area contributed by atoms with Crippen LogP contribution in [0.4, 0.5) is 0 Å². The molecule has 17 heavy (non-hydrogen) atoms. The van der Waals surface area contributed by atoms with Crippen LogP contribution in [-0.4, -0.2) is 13.1 Å².